The van der Waals surface area contributed by atoms with E-state index in [1.54, 1.807) is 7.11 Å². The quantitative estimate of drug-likeness (QED) is 0.434. The van der Waals surface area contributed by atoms with E-state index in [-0.39, 0.29) is 29.4 Å². The minimum absolute atomic E-state index is 0. The van der Waals surface area contributed by atoms with Gasteiger partial charge in [0.15, 0.2) is 5.96 Å². The SMILES string of the molecule is CCNC(=NCC(C)(C)c1ccc(OC)cc1)NCC.I. The van der Waals surface area contributed by atoms with Gasteiger partial charge in [-0.2, -0.15) is 0 Å². The fraction of sp³-hybridized carbons (Fsp3) is 0.562. The molecule has 120 valence electrons. The minimum atomic E-state index is -0.0115. The Morgan fingerprint density at radius 1 is 1.10 bits per heavy atom. The van der Waals surface area contributed by atoms with E-state index in [1.165, 1.54) is 5.56 Å². The van der Waals surface area contributed by atoms with Gasteiger partial charge in [0.25, 0.3) is 0 Å². The number of aliphatic imine (C=N–C) groups is 1. The summed E-state index contributed by atoms with van der Waals surface area (Å²) < 4.78 is 5.20. The molecule has 1 aromatic rings. The van der Waals surface area contributed by atoms with Crippen molar-refractivity contribution < 1.29 is 4.74 Å². The molecule has 0 atom stereocenters. The van der Waals surface area contributed by atoms with Gasteiger partial charge in [-0.3, -0.25) is 4.99 Å². The van der Waals surface area contributed by atoms with Gasteiger partial charge >= 0.3 is 0 Å². The molecule has 0 saturated heterocycles. The first-order valence-corrected chi connectivity index (χ1v) is 7.20. The summed E-state index contributed by atoms with van der Waals surface area (Å²) in [7, 11) is 1.68. The fourth-order valence-corrected chi connectivity index (χ4v) is 1.92. The van der Waals surface area contributed by atoms with Gasteiger partial charge < -0.3 is 15.4 Å². The third-order valence-corrected chi connectivity index (χ3v) is 3.19. The number of halogens is 1. The standard InChI is InChI=1S/C16H27N3O.HI/c1-6-17-15(18-7-2)19-12-16(3,4)13-8-10-14(20-5)11-9-13;/h8-11H,6-7,12H2,1-5H3,(H2,17,18,19);1H. The molecule has 0 radical (unpaired) electrons. The van der Waals surface area contributed by atoms with Crippen molar-refractivity contribution in [3.05, 3.63) is 29.8 Å². The lowest BCUT2D eigenvalue weighted by Gasteiger charge is -2.24. The van der Waals surface area contributed by atoms with Gasteiger partial charge in [0, 0.05) is 18.5 Å². The van der Waals surface area contributed by atoms with Crippen LogP contribution in [-0.4, -0.2) is 32.7 Å². The predicted octanol–water partition coefficient (Wildman–Crippen LogP) is 3.17. The van der Waals surface area contributed by atoms with Crippen LogP contribution in [0.3, 0.4) is 0 Å². The van der Waals surface area contributed by atoms with Gasteiger partial charge in [0.05, 0.1) is 13.7 Å². The number of ether oxygens (including phenoxy) is 1. The first-order valence-electron chi connectivity index (χ1n) is 7.20. The van der Waals surface area contributed by atoms with Crippen LogP contribution in [0.5, 0.6) is 5.75 Å². The molecule has 2 N–H and O–H groups in total. The van der Waals surface area contributed by atoms with Crippen molar-refractivity contribution in [1.82, 2.24) is 10.6 Å². The molecule has 0 bridgehead atoms. The summed E-state index contributed by atoms with van der Waals surface area (Å²) in [6, 6.07) is 8.20. The minimum Gasteiger partial charge on any atom is -0.497 e. The number of benzene rings is 1. The zero-order valence-corrected chi connectivity index (χ0v) is 16.0. The van der Waals surface area contributed by atoms with Crippen LogP contribution in [0, 0.1) is 0 Å². The Morgan fingerprint density at radius 2 is 1.62 bits per heavy atom. The number of nitrogens with one attached hydrogen (secondary N) is 2. The Hall–Kier alpha value is -0.980. The van der Waals surface area contributed by atoms with E-state index in [1.807, 2.05) is 12.1 Å². The average Bonchev–Trinajstić information content (AvgIpc) is 2.45. The third kappa shape index (κ3) is 6.54. The molecular formula is C16H28IN3O. The second kappa shape index (κ2) is 9.87. The first kappa shape index (κ1) is 20.0. The van der Waals surface area contributed by atoms with E-state index in [4.69, 9.17) is 4.74 Å². The van der Waals surface area contributed by atoms with Crippen molar-refractivity contribution >= 4 is 29.9 Å². The van der Waals surface area contributed by atoms with Crippen molar-refractivity contribution in [3.8, 4) is 5.75 Å². The number of methoxy groups -OCH3 is 1. The van der Waals surface area contributed by atoms with Gasteiger partial charge in [0.1, 0.15) is 5.75 Å². The summed E-state index contributed by atoms with van der Waals surface area (Å²) in [5, 5.41) is 6.49. The second-order valence-electron chi connectivity index (χ2n) is 5.34. The summed E-state index contributed by atoms with van der Waals surface area (Å²) in [5.74, 6) is 1.76. The normalized spacial score (nSPS) is 10.3. The largest absolute Gasteiger partial charge is 0.497 e. The van der Waals surface area contributed by atoms with Gasteiger partial charge in [-0.1, -0.05) is 26.0 Å². The molecule has 1 rings (SSSR count). The van der Waals surface area contributed by atoms with E-state index in [0.29, 0.717) is 0 Å². The summed E-state index contributed by atoms with van der Waals surface area (Å²) >= 11 is 0. The molecule has 0 aliphatic carbocycles. The van der Waals surface area contributed by atoms with Crippen molar-refractivity contribution in [3.63, 3.8) is 0 Å². The molecule has 0 spiro atoms. The molecule has 1 aromatic carbocycles. The predicted molar refractivity (Wildman–Crippen MR) is 101 cm³/mol. The van der Waals surface area contributed by atoms with Crippen molar-refractivity contribution in [1.29, 1.82) is 0 Å². The molecule has 4 nitrogen and oxygen atoms in total. The average molecular weight is 405 g/mol. The molecule has 0 aromatic heterocycles. The van der Waals surface area contributed by atoms with Gasteiger partial charge in [-0.05, 0) is 31.5 Å². The Bertz CT molecular complexity index is 422. The molecule has 0 fully saturated rings. The maximum atomic E-state index is 5.20. The maximum Gasteiger partial charge on any atom is 0.191 e. The molecule has 0 aliphatic heterocycles. The Kier molecular flexibility index (Phi) is 9.41. The summed E-state index contributed by atoms with van der Waals surface area (Å²) in [4.78, 5) is 4.66. The maximum absolute atomic E-state index is 5.20. The molecule has 0 saturated carbocycles. The second-order valence-corrected chi connectivity index (χ2v) is 5.34. The van der Waals surface area contributed by atoms with Crippen molar-refractivity contribution in [2.75, 3.05) is 26.7 Å². The summed E-state index contributed by atoms with van der Waals surface area (Å²) in [5.41, 5.74) is 1.25. The number of rotatable bonds is 6. The smallest absolute Gasteiger partial charge is 0.191 e. The van der Waals surface area contributed by atoms with E-state index in [2.05, 4.69) is 55.5 Å². The Balaban J connectivity index is 0.00000400. The van der Waals surface area contributed by atoms with E-state index >= 15 is 0 Å². The van der Waals surface area contributed by atoms with Crippen LogP contribution in [0.4, 0.5) is 0 Å². The third-order valence-electron chi connectivity index (χ3n) is 3.19. The number of hydrogen-bond donors (Lipinski definition) is 2. The van der Waals surface area contributed by atoms with E-state index in [0.717, 1.165) is 31.3 Å². The zero-order valence-electron chi connectivity index (χ0n) is 13.7. The van der Waals surface area contributed by atoms with Crippen LogP contribution >= 0.6 is 24.0 Å². The van der Waals surface area contributed by atoms with Crippen molar-refractivity contribution in [2.45, 2.75) is 33.1 Å². The number of guanidine groups is 1. The first-order chi connectivity index (χ1) is 9.53. The van der Waals surface area contributed by atoms with Crippen molar-refractivity contribution in [2.24, 2.45) is 4.99 Å². The zero-order chi connectivity index (χ0) is 15.0. The lowest BCUT2D eigenvalue weighted by molar-refractivity contribution is 0.414. The monoisotopic (exact) mass is 405 g/mol. The number of nitrogens with zero attached hydrogens (tertiary/aromatic N) is 1. The van der Waals surface area contributed by atoms with E-state index < -0.39 is 0 Å². The molecule has 0 amide bonds. The Labute approximate surface area is 145 Å². The highest BCUT2D eigenvalue weighted by molar-refractivity contribution is 14.0. The molecule has 0 aliphatic rings. The van der Waals surface area contributed by atoms with Crippen LogP contribution in [0.2, 0.25) is 0 Å². The summed E-state index contributed by atoms with van der Waals surface area (Å²) in [6.45, 7) is 11.0. The lowest BCUT2D eigenvalue weighted by atomic mass is 9.85. The van der Waals surface area contributed by atoms with Gasteiger partial charge in [0.2, 0.25) is 0 Å². The molecule has 5 heteroatoms. The van der Waals surface area contributed by atoms with Gasteiger partial charge in [-0.25, -0.2) is 0 Å². The topological polar surface area (TPSA) is 45.7 Å². The highest BCUT2D eigenvalue weighted by Gasteiger charge is 2.20. The van der Waals surface area contributed by atoms with Crippen LogP contribution < -0.4 is 15.4 Å². The fourth-order valence-electron chi connectivity index (χ4n) is 1.92. The number of hydrogen-bond acceptors (Lipinski definition) is 2. The lowest BCUT2D eigenvalue weighted by Crippen LogP contribution is -2.38. The highest BCUT2D eigenvalue weighted by Crippen LogP contribution is 2.25. The molecule has 21 heavy (non-hydrogen) atoms. The van der Waals surface area contributed by atoms with Crippen LogP contribution in [0.25, 0.3) is 0 Å². The van der Waals surface area contributed by atoms with E-state index in [9.17, 15) is 0 Å². The van der Waals surface area contributed by atoms with Crippen LogP contribution in [0.15, 0.2) is 29.3 Å². The van der Waals surface area contributed by atoms with Crippen LogP contribution in [0.1, 0.15) is 33.3 Å². The van der Waals surface area contributed by atoms with Crippen LogP contribution in [-0.2, 0) is 5.41 Å². The van der Waals surface area contributed by atoms with Gasteiger partial charge in [-0.15, -0.1) is 24.0 Å². The highest BCUT2D eigenvalue weighted by atomic mass is 127. The molecule has 0 unspecified atom stereocenters. The molecule has 0 heterocycles. The summed E-state index contributed by atoms with van der Waals surface area (Å²) in [6.07, 6.45) is 0. The Morgan fingerprint density at radius 3 is 2.05 bits per heavy atom. The molecular weight excluding hydrogens is 377 g/mol.